The number of halogens is 1. The van der Waals surface area contributed by atoms with Crippen LogP contribution in [0.4, 0.5) is 5.69 Å². The van der Waals surface area contributed by atoms with Crippen molar-refractivity contribution < 1.29 is 14.3 Å². The van der Waals surface area contributed by atoms with Gasteiger partial charge in [-0.1, -0.05) is 59.3 Å². The Labute approximate surface area is 200 Å². The maximum absolute atomic E-state index is 12.6. The first-order valence-electron chi connectivity index (χ1n) is 10.5. The van der Waals surface area contributed by atoms with Crippen molar-refractivity contribution in [2.45, 2.75) is 20.3 Å². The van der Waals surface area contributed by atoms with Crippen LogP contribution in [0.25, 0.3) is 16.8 Å². The monoisotopic (exact) mass is 510 g/mol. The molecule has 4 rings (SSSR count). The third-order valence-electron chi connectivity index (χ3n) is 4.75. The predicted molar refractivity (Wildman–Crippen MR) is 136 cm³/mol. The van der Waals surface area contributed by atoms with Crippen molar-refractivity contribution in [3.05, 3.63) is 69.5 Å². The molecule has 0 aromatic heterocycles. The Bertz CT molecular complexity index is 1220. The Morgan fingerprint density at radius 1 is 1.06 bits per heavy atom. The predicted octanol–water partition coefficient (Wildman–Crippen LogP) is 6.68. The molecule has 1 aliphatic rings. The van der Waals surface area contributed by atoms with E-state index in [0.717, 1.165) is 32.9 Å². The van der Waals surface area contributed by atoms with Crippen molar-refractivity contribution in [2.75, 3.05) is 13.2 Å². The Kier molecular flexibility index (Phi) is 7.17. The van der Waals surface area contributed by atoms with Gasteiger partial charge in [0.15, 0.2) is 16.7 Å². The molecule has 1 fully saturated rings. The van der Waals surface area contributed by atoms with Crippen molar-refractivity contribution in [1.82, 2.24) is 5.32 Å². The number of hydrogen-bond acceptors (Lipinski definition) is 5. The fourth-order valence-corrected chi connectivity index (χ4v) is 4.55. The Morgan fingerprint density at radius 2 is 1.84 bits per heavy atom. The van der Waals surface area contributed by atoms with E-state index in [0.29, 0.717) is 34.8 Å². The largest absolute Gasteiger partial charge is 0.490 e. The first-order valence-corrected chi connectivity index (χ1v) is 12.1. The van der Waals surface area contributed by atoms with Crippen molar-refractivity contribution in [3.63, 3.8) is 0 Å². The van der Waals surface area contributed by atoms with Crippen molar-refractivity contribution in [3.8, 4) is 11.5 Å². The molecule has 1 N–H and O–H groups in total. The molecule has 0 bridgehead atoms. The molecule has 0 atom stereocenters. The van der Waals surface area contributed by atoms with Gasteiger partial charge in [-0.3, -0.25) is 4.79 Å². The summed E-state index contributed by atoms with van der Waals surface area (Å²) in [4.78, 5) is 17.9. The van der Waals surface area contributed by atoms with E-state index >= 15 is 0 Å². The van der Waals surface area contributed by atoms with E-state index in [1.807, 2.05) is 67.6 Å². The minimum absolute atomic E-state index is 0.176. The van der Waals surface area contributed by atoms with Gasteiger partial charge in [-0.2, -0.15) is 0 Å². The Morgan fingerprint density at radius 3 is 2.66 bits per heavy atom. The number of carbonyl (C=O) groups excluding carboxylic acids is 1. The number of nitrogens with zero attached hydrogens (tertiary/aromatic N) is 1. The molecule has 32 heavy (non-hydrogen) atoms. The fourth-order valence-electron chi connectivity index (χ4n) is 3.29. The summed E-state index contributed by atoms with van der Waals surface area (Å²) >= 11 is 4.92. The standard InChI is InChI=1S/C25H23BrN2O3S/c1-3-12-31-22-15-19(26)17(13-21(22)30-4-2)14-23-24(29)28-25(32-23)27-20-11-7-9-16-8-5-6-10-18(16)20/h5-11,13-15H,3-4,12H2,1-2H3,(H,27,28,29)/b23-14-. The average Bonchev–Trinajstić information content (AvgIpc) is 3.13. The van der Waals surface area contributed by atoms with Gasteiger partial charge in [-0.25, -0.2) is 4.99 Å². The number of amides is 1. The second-order valence-corrected chi connectivity index (χ2v) is 8.97. The molecular weight excluding hydrogens is 488 g/mol. The minimum Gasteiger partial charge on any atom is -0.490 e. The van der Waals surface area contributed by atoms with Crippen molar-refractivity contribution in [1.29, 1.82) is 0 Å². The number of rotatable bonds is 7. The Balaban J connectivity index is 1.63. The molecule has 5 nitrogen and oxygen atoms in total. The molecule has 0 spiro atoms. The summed E-state index contributed by atoms with van der Waals surface area (Å²) in [6.45, 7) is 5.12. The normalized spacial score (nSPS) is 16.0. The van der Waals surface area contributed by atoms with E-state index in [4.69, 9.17) is 14.5 Å². The zero-order valence-corrected chi connectivity index (χ0v) is 20.3. The van der Waals surface area contributed by atoms with E-state index in [9.17, 15) is 4.79 Å². The smallest absolute Gasteiger partial charge is 0.264 e. The molecule has 0 unspecified atom stereocenters. The number of ether oxygens (including phenoxy) is 2. The summed E-state index contributed by atoms with van der Waals surface area (Å²) in [6.07, 6.45) is 2.74. The van der Waals surface area contributed by atoms with Crippen LogP contribution < -0.4 is 14.8 Å². The summed E-state index contributed by atoms with van der Waals surface area (Å²) < 4.78 is 12.4. The van der Waals surface area contributed by atoms with Crippen LogP contribution in [0.5, 0.6) is 11.5 Å². The first kappa shape index (κ1) is 22.4. The quantitative estimate of drug-likeness (QED) is 0.360. The second kappa shape index (κ2) is 10.2. The maximum atomic E-state index is 12.6. The summed E-state index contributed by atoms with van der Waals surface area (Å²) in [5.74, 6) is 1.17. The average molecular weight is 511 g/mol. The van der Waals surface area contributed by atoms with Gasteiger partial charge in [0.25, 0.3) is 5.91 Å². The highest BCUT2D eigenvalue weighted by molar-refractivity contribution is 9.10. The summed E-state index contributed by atoms with van der Waals surface area (Å²) in [6, 6.07) is 17.8. The van der Waals surface area contributed by atoms with E-state index in [1.165, 1.54) is 11.8 Å². The lowest BCUT2D eigenvalue weighted by Gasteiger charge is -2.13. The van der Waals surface area contributed by atoms with E-state index in [1.54, 1.807) is 0 Å². The number of carbonyl (C=O) groups is 1. The molecule has 0 saturated carbocycles. The molecule has 164 valence electrons. The molecular formula is C25H23BrN2O3S. The Hall–Kier alpha value is -2.77. The van der Waals surface area contributed by atoms with Crippen LogP contribution >= 0.6 is 27.7 Å². The summed E-state index contributed by atoms with van der Waals surface area (Å²) in [7, 11) is 0. The molecule has 7 heteroatoms. The van der Waals surface area contributed by atoms with Crippen LogP contribution in [-0.2, 0) is 4.79 Å². The second-order valence-electron chi connectivity index (χ2n) is 7.08. The lowest BCUT2D eigenvalue weighted by molar-refractivity contribution is -0.115. The lowest BCUT2D eigenvalue weighted by atomic mass is 10.1. The first-order chi connectivity index (χ1) is 15.6. The molecule has 3 aromatic rings. The number of thioether (sulfide) groups is 1. The van der Waals surface area contributed by atoms with Gasteiger partial charge in [0.2, 0.25) is 0 Å². The molecule has 3 aromatic carbocycles. The van der Waals surface area contributed by atoms with E-state index in [-0.39, 0.29) is 5.91 Å². The highest BCUT2D eigenvalue weighted by atomic mass is 79.9. The van der Waals surface area contributed by atoms with Gasteiger partial charge in [0.05, 0.1) is 23.8 Å². The number of benzene rings is 3. The SMILES string of the molecule is CCCOc1cc(Br)c(/C=C2\SC(=Nc3cccc4ccccc34)NC2=O)cc1OCC. The van der Waals surface area contributed by atoms with Crippen LogP contribution in [-0.4, -0.2) is 24.3 Å². The van der Waals surface area contributed by atoms with Crippen LogP contribution in [0, 0.1) is 0 Å². The highest BCUT2D eigenvalue weighted by Gasteiger charge is 2.24. The summed E-state index contributed by atoms with van der Waals surface area (Å²) in [5, 5.41) is 5.58. The summed E-state index contributed by atoms with van der Waals surface area (Å²) in [5.41, 5.74) is 1.66. The van der Waals surface area contributed by atoms with Gasteiger partial charge in [0, 0.05) is 9.86 Å². The highest BCUT2D eigenvalue weighted by Crippen LogP contribution is 2.37. The van der Waals surface area contributed by atoms with Gasteiger partial charge in [0.1, 0.15) is 0 Å². The minimum atomic E-state index is -0.176. The topological polar surface area (TPSA) is 59.9 Å². The number of aliphatic imine (C=N–C) groups is 1. The molecule has 1 saturated heterocycles. The molecule has 1 aliphatic heterocycles. The number of amidine groups is 1. The number of hydrogen-bond donors (Lipinski definition) is 1. The molecule has 0 aliphatic carbocycles. The van der Waals surface area contributed by atoms with Gasteiger partial charge in [-0.15, -0.1) is 0 Å². The zero-order chi connectivity index (χ0) is 22.5. The zero-order valence-electron chi connectivity index (χ0n) is 17.9. The van der Waals surface area contributed by atoms with Gasteiger partial charge in [-0.05, 0) is 60.3 Å². The number of nitrogens with one attached hydrogen (secondary N) is 1. The van der Waals surface area contributed by atoms with Crippen LogP contribution in [0.3, 0.4) is 0 Å². The third kappa shape index (κ3) is 5.00. The van der Waals surface area contributed by atoms with Crippen LogP contribution in [0.15, 0.2) is 69.0 Å². The molecule has 1 amide bonds. The number of fused-ring (bicyclic) bond motifs is 1. The van der Waals surface area contributed by atoms with Crippen LogP contribution in [0.2, 0.25) is 0 Å². The van der Waals surface area contributed by atoms with Gasteiger partial charge < -0.3 is 14.8 Å². The molecule has 0 radical (unpaired) electrons. The van der Waals surface area contributed by atoms with Crippen LogP contribution in [0.1, 0.15) is 25.8 Å². The molecule has 1 heterocycles. The van der Waals surface area contributed by atoms with Gasteiger partial charge >= 0.3 is 0 Å². The fraction of sp³-hybridized carbons (Fsp3) is 0.200. The van der Waals surface area contributed by atoms with E-state index in [2.05, 4.69) is 28.2 Å². The van der Waals surface area contributed by atoms with Crippen molar-refractivity contribution in [2.24, 2.45) is 4.99 Å². The van der Waals surface area contributed by atoms with E-state index < -0.39 is 0 Å². The maximum Gasteiger partial charge on any atom is 0.264 e. The third-order valence-corrected chi connectivity index (χ3v) is 6.35. The van der Waals surface area contributed by atoms with Crippen molar-refractivity contribution >= 4 is 61.3 Å². The lowest BCUT2D eigenvalue weighted by Crippen LogP contribution is -2.19.